The molecule has 1 aromatic carbocycles. The SMILES string of the molecule is CC1C(c2ccccc2)CCN1C(=O)C1COCCN1.Cl. The molecule has 2 saturated heterocycles. The van der Waals surface area contributed by atoms with E-state index < -0.39 is 0 Å². The van der Waals surface area contributed by atoms with E-state index in [1.807, 2.05) is 11.0 Å². The van der Waals surface area contributed by atoms with Crippen molar-refractivity contribution in [1.82, 2.24) is 10.2 Å². The summed E-state index contributed by atoms with van der Waals surface area (Å²) in [6.07, 6.45) is 1.05. The van der Waals surface area contributed by atoms with Crippen molar-refractivity contribution < 1.29 is 9.53 Å². The molecule has 3 unspecified atom stereocenters. The van der Waals surface area contributed by atoms with Crippen LogP contribution in [0, 0.1) is 0 Å². The van der Waals surface area contributed by atoms with Crippen LogP contribution in [-0.4, -0.2) is 49.2 Å². The molecule has 0 spiro atoms. The second-order valence-electron chi connectivity index (χ2n) is 5.66. The molecule has 116 valence electrons. The highest BCUT2D eigenvalue weighted by atomic mass is 35.5. The Morgan fingerprint density at radius 3 is 2.76 bits per heavy atom. The maximum atomic E-state index is 12.6. The van der Waals surface area contributed by atoms with Crippen LogP contribution in [0.3, 0.4) is 0 Å². The number of nitrogens with one attached hydrogen (secondary N) is 1. The van der Waals surface area contributed by atoms with Crippen LogP contribution in [-0.2, 0) is 9.53 Å². The van der Waals surface area contributed by atoms with Crippen molar-refractivity contribution in [3.63, 3.8) is 0 Å². The van der Waals surface area contributed by atoms with Gasteiger partial charge in [-0.05, 0) is 18.9 Å². The molecule has 0 radical (unpaired) electrons. The van der Waals surface area contributed by atoms with Gasteiger partial charge < -0.3 is 15.0 Å². The van der Waals surface area contributed by atoms with Gasteiger partial charge >= 0.3 is 0 Å². The van der Waals surface area contributed by atoms with Gasteiger partial charge in [0.25, 0.3) is 0 Å². The van der Waals surface area contributed by atoms with Gasteiger partial charge in [0.15, 0.2) is 0 Å². The van der Waals surface area contributed by atoms with Gasteiger partial charge in [0.2, 0.25) is 5.91 Å². The lowest BCUT2D eigenvalue weighted by Crippen LogP contribution is -2.53. The highest BCUT2D eigenvalue weighted by molar-refractivity contribution is 5.85. The van der Waals surface area contributed by atoms with E-state index in [4.69, 9.17) is 4.74 Å². The minimum atomic E-state index is -0.166. The molecule has 1 N–H and O–H groups in total. The number of amides is 1. The molecule has 21 heavy (non-hydrogen) atoms. The lowest BCUT2D eigenvalue weighted by molar-refractivity contribution is -0.137. The van der Waals surface area contributed by atoms with E-state index in [2.05, 4.69) is 36.5 Å². The van der Waals surface area contributed by atoms with Crippen molar-refractivity contribution >= 4 is 18.3 Å². The number of hydrogen-bond donors (Lipinski definition) is 1. The summed E-state index contributed by atoms with van der Waals surface area (Å²) in [4.78, 5) is 14.6. The summed E-state index contributed by atoms with van der Waals surface area (Å²) in [7, 11) is 0. The number of likely N-dealkylation sites (tertiary alicyclic amines) is 1. The topological polar surface area (TPSA) is 41.6 Å². The third kappa shape index (κ3) is 3.39. The molecule has 3 atom stereocenters. The van der Waals surface area contributed by atoms with Crippen LogP contribution in [0.4, 0.5) is 0 Å². The molecule has 0 aliphatic carbocycles. The third-order valence-corrected chi connectivity index (χ3v) is 4.49. The van der Waals surface area contributed by atoms with Crippen molar-refractivity contribution in [3.8, 4) is 0 Å². The van der Waals surface area contributed by atoms with Crippen molar-refractivity contribution in [2.24, 2.45) is 0 Å². The number of halogens is 1. The normalized spacial score (nSPS) is 29.0. The summed E-state index contributed by atoms with van der Waals surface area (Å²) in [5.74, 6) is 0.639. The van der Waals surface area contributed by atoms with Gasteiger partial charge in [0.05, 0.1) is 13.2 Å². The molecule has 5 heteroatoms. The fourth-order valence-electron chi connectivity index (χ4n) is 3.32. The Morgan fingerprint density at radius 1 is 1.33 bits per heavy atom. The van der Waals surface area contributed by atoms with Crippen LogP contribution < -0.4 is 5.32 Å². The Bertz CT molecular complexity index is 463. The molecular weight excluding hydrogens is 288 g/mol. The predicted octanol–water partition coefficient (Wildman–Crippen LogP) is 1.80. The van der Waals surface area contributed by atoms with Gasteiger partial charge in [0, 0.05) is 25.0 Å². The number of hydrogen-bond acceptors (Lipinski definition) is 3. The second kappa shape index (κ2) is 7.25. The zero-order chi connectivity index (χ0) is 13.9. The number of carbonyl (C=O) groups excluding carboxylic acids is 1. The summed E-state index contributed by atoms with van der Waals surface area (Å²) in [5.41, 5.74) is 1.34. The van der Waals surface area contributed by atoms with E-state index >= 15 is 0 Å². The van der Waals surface area contributed by atoms with Crippen molar-refractivity contribution in [2.75, 3.05) is 26.3 Å². The number of morpholine rings is 1. The Kier molecular flexibility index (Phi) is 5.62. The van der Waals surface area contributed by atoms with Gasteiger partial charge in [-0.1, -0.05) is 30.3 Å². The average molecular weight is 311 g/mol. The molecule has 2 fully saturated rings. The number of ether oxygens (including phenoxy) is 1. The average Bonchev–Trinajstić information content (AvgIpc) is 2.90. The van der Waals surface area contributed by atoms with Gasteiger partial charge in [0.1, 0.15) is 6.04 Å². The molecule has 3 rings (SSSR count). The highest BCUT2D eigenvalue weighted by Gasteiger charge is 2.37. The number of carbonyl (C=O) groups is 1. The van der Waals surface area contributed by atoms with E-state index in [1.54, 1.807) is 0 Å². The van der Waals surface area contributed by atoms with Gasteiger partial charge in [-0.25, -0.2) is 0 Å². The van der Waals surface area contributed by atoms with E-state index in [0.717, 1.165) is 19.5 Å². The molecule has 2 aliphatic rings. The van der Waals surface area contributed by atoms with Crippen LogP contribution in [0.5, 0.6) is 0 Å². The standard InChI is InChI=1S/C16H22N2O2.ClH/c1-12-14(13-5-3-2-4-6-13)7-9-18(12)16(19)15-11-20-10-8-17-15;/h2-6,12,14-15,17H,7-11H2,1H3;1H. The predicted molar refractivity (Wildman–Crippen MR) is 84.8 cm³/mol. The first-order valence-electron chi connectivity index (χ1n) is 7.44. The van der Waals surface area contributed by atoms with E-state index in [-0.39, 0.29) is 30.4 Å². The maximum absolute atomic E-state index is 12.6. The first-order valence-corrected chi connectivity index (χ1v) is 7.44. The Balaban J connectivity index is 0.00000161. The first-order chi connectivity index (χ1) is 9.77. The van der Waals surface area contributed by atoms with Crippen LogP contribution >= 0.6 is 12.4 Å². The van der Waals surface area contributed by atoms with E-state index in [0.29, 0.717) is 19.1 Å². The second-order valence-corrected chi connectivity index (χ2v) is 5.66. The largest absolute Gasteiger partial charge is 0.378 e. The van der Waals surface area contributed by atoms with Crippen molar-refractivity contribution in [1.29, 1.82) is 0 Å². The highest BCUT2D eigenvalue weighted by Crippen LogP contribution is 2.33. The number of benzene rings is 1. The summed E-state index contributed by atoms with van der Waals surface area (Å²) in [5, 5.41) is 3.25. The molecule has 1 amide bonds. The third-order valence-electron chi connectivity index (χ3n) is 4.49. The molecule has 0 saturated carbocycles. The summed E-state index contributed by atoms with van der Waals surface area (Å²) in [6.45, 7) is 4.97. The zero-order valence-corrected chi connectivity index (χ0v) is 13.1. The van der Waals surface area contributed by atoms with E-state index in [1.165, 1.54) is 5.56 Å². The smallest absolute Gasteiger partial charge is 0.242 e. The zero-order valence-electron chi connectivity index (χ0n) is 12.3. The number of rotatable bonds is 2. The molecule has 1 aromatic rings. The quantitative estimate of drug-likeness (QED) is 0.906. The molecule has 0 bridgehead atoms. The van der Waals surface area contributed by atoms with Gasteiger partial charge in [-0.2, -0.15) is 0 Å². The van der Waals surface area contributed by atoms with Crippen LogP contribution in [0.1, 0.15) is 24.8 Å². The monoisotopic (exact) mass is 310 g/mol. The Morgan fingerprint density at radius 2 is 2.10 bits per heavy atom. The van der Waals surface area contributed by atoms with Crippen molar-refractivity contribution in [2.45, 2.75) is 31.3 Å². The summed E-state index contributed by atoms with van der Waals surface area (Å²) >= 11 is 0. The van der Waals surface area contributed by atoms with Gasteiger partial charge in [-0.15, -0.1) is 12.4 Å². The number of nitrogens with zero attached hydrogens (tertiary/aromatic N) is 1. The Labute approximate surface area is 132 Å². The fourth-order valence-corrected chi connectivity index (χ4v) is 3.32. The van der Waals surface area contributed by atoms with Crippen LogP contribution in [0.25, 0.3) is 0 Å². The van der Waals surface area contributed by atoms with Crippen LogP contribution in [0.15, 0.2) is 30.3 Å². The van der Waals surface area contributed by atoms with Crippen LogP contribution in [0.2, 0.25) is 0 Å². The first kappa shape index (κ1) is 16.3. The maximum Gasteiger partial charge on any atom is 0.242 e. The Hall–Kier alpha value is -1.10. The lowest BCUT2D eigenvalue weighted by Gasteiger charge is -2.31. The van der Waals surface area contributed by atoms with Gasteiger partial charge in [-0.3, -0.25) is 4.79 Å². The fraction of sp³-hybridized carbons (Fsp3) is 0.562. The molecule has 4 nitrogen and oxygen atoms in total. The van der Waals surface area contributed by atoms with E-state index in [9.17, 15) is 4.79 Å². The minimum absolute atomic E-state index is 0. The molecule has 2 heterocycles. The molecular formula is C16H23ClN2O2. The van der Waals surface area contributed by atoms with Crippen molar-refractivity contribution in [3.05, 3.63) is 35.9 Å². The molecule has 2 aliphatic heterocycles. The molecule has 0 aromatic heterocycles. The summed E-state index contributed by atoms with van der Waals surface area (Å²) in [6, 6.07) is 10.6. The minimum Gasteiger partial charge on any atom is -0.378 e. The lowest BCUT2D eigenvalue weighted by atomic mass is 9.93. The summed E-state index contributed by atoms with van der Waals surface area (Å²) < 4.78 is 5.40.